The second-order valence-corrected chi connectivity index (χ2v) is 8.93. The lowest BCUT2D eigenvalue weighted by molar-refractivity contribution is 0.0692. The number of nitrogens with zero attached hydrogens (tertiary/aromatic N) is 2. The molecule has 9 heteroatoms. The van der Waals surface area contributed by atoms with Crippen LogP contribution in [0.15, 0.2) is 42.5 Å². The van der Waals surface area contributed by atoms with Gasteiger partial charge in [-0.1, -0.05) is 30.3 Å². The standard InChI is InChI=1S/C24H27BN2O5S/c1-15-18(31-2)12-17(13-19(15)32-3)23(28)27(11-7-10-16-8-5-4-6-9-16)14-20-26-21(24(29)30)22(25)33-20/h4-6,8-9,12-13H,7,10-11,14,25H2,1-3H3,(H,29,30). The van der Waals surface area contributed by atoms with Gasteiger partial charge in [0.25, 0.3) is 5.91 Å². The first kappa shape index (κ1) is 24.3. The highest BCUT2D eigenvalue weighted by atomic mass is 32.1. The molecule has 0 fully saturated rings. The summed E-state index contributed by atoms with van der Waals surface area (Å²) in [5.41, 5.74) is 2.49. The van der Waals surface area contributed by atoms with Gasteiger partial charge in [-0.15, -0.1) is 11.3 Å². The lowest BCUT2D eigenvalue weighted by Gasteiger charge is -2.23. The van der Waals surface area contributed by atoms with Crippen molar-refractivity contribution in [2.45, 2.75) is 26.3 Å². The van der Waals surface area contributed by atoms with E-state index in [-0.39, 0.29) is 18.1 Å². The first-order chi connectivity index (χ1) is 15.8. The maximum atomic E-state index is 13.5. The fraction of sp³-hybridized carbons (Fsp3) is 0.292. The van der Waals surface area contributed by atoms with Crippen LogP contribution in [0.5, 0.6) is 11.5 Å². The van der Waals surface area contributed by atoms with Gasteiger partial charge in [0.15, 0.2) is 13.5 Å². The van der Waals surface area contributed by atoms with Crippen LogP contribution in [-0.2, 0) is 13.0 Å². The Morgan fingerprint density at radius 1 is 1.12 bits per heavy atom. The van der Waals surface area contributed by atoms with Crippen molar-refractivity contribution >= 4 is 35.8 Å². The van der Waals surface area contributed by atoms with E-state index in [0.717, 1.165) is 18.4 Å². The third-order valence-electron chi connectivity index (χ3n) is 5.39. The second kappa shape index (κ2) is 11.0. The topological polar surface area (TPSA) is 89.0 Å². The average molecular weight is 466 g/mol. The van der Waals surface area contributed by atoms with E-state index < -0.39 is 5.97 Å². The molecule has 1 aromatic heterocycles. The van der Waals surface area contributed by atoms with Crippen LogP contribution < -0.4 is 14.3 Å². The summed E-state index contributed by atoms with van der Waals surface area (Å²) in [4.78, 5) is 30.9. The van der Waals surface area contributed by atoms with Crippen molar-refractivity contribution in [1.29, 1.82) is 0 Å². The van der Waals surface area contributed by atoms with E-state index in [2.05, 4.69) is 17.1 Å². The van der Waals surface area contributed by atoms with Gasteiger partial charge in [-0.05, 0) is 42.2 Å². The Hall–Kier alpha value is -3.33. The minimum absolute atomic E-state index is 0.0327. The molecule has 0 saturated heterocycles. The van der Waals surface area contributed by atoms with Crippen LogP contribution in [0.25, 0.3) is 0 Å². The molecule has 2 aromatic carbocycles. The highest BCUT2D eigenvalue weighted by Crippen LogP contribution is 2.30. The number of hydrogen-bond acceptors (Lipinski definition) is 6. The first-order valence-corrected chi connectivity index (χ1v) is 11.4. The summed E-state index contributed by atoms with van der Waals surface area (Å²) in [7, 11) is 4.83. The number of ether oxygens (including phenoxy) is 2. The number of carbonyl (C=O) groups excluding carboxylic acids is 1. The van der Waals surface area contributed by atoms with Crippen molar-refractivity contribution in [3.63, 3.8) is 0 Å². The second-order valence-electron chi connectivity index (χ2n) is 7.64. The van der Waals surface area contributed by atoms with Crippen LogP contribution in [0.1, 0.15) is 43.4 Å². The van der Waals surface area contributed by atoms with Crippen LogP contribution >= 0.6 is 11.3 Å². The SMILES string of the molecule is Bc1sc(CN(CCCc2ccccc2)C(=O)c2cc(OC)c(C)c(OC)c2)nc1C(=O)O. The Balaban J connectivity index is 1.87. The van der Waals surface area contributed by atoms with Crippen molar-refractivity contribution in [1.82, 2.24) is 9.88 Å². The van der Waals surface area contributed by atoms with Crippen molar-refractivity contribution in [2.24, 2.45) is 0 Å². The number of rotatable bonds is 10. The molecule has 33 heavy (non-hydrogen) atoms. The highest BCUT2D eigenvalue weighted by molar-refractivity contribution is 7.20. The number of aryl methyl sites for hydroxylation is 1. The molecule has 1 heterocycles. The molecule has 3 aromatic rings. The van der Waals surface area contributed by atoms with Crippen LogP contribution in [0.2, 0.25) is 0 Å². The summed E-state index contributed by atoms with van der Waals surface area (Å²) in [6.45, 7) is 2.59. The average Bonchev–Trinajstić information content (AvgIpc) is 3.19. The van der Waals surface area contributed by atoms with E-state index in [1.165, 1.54) is 16.9 Å². The molecule has 0 aliphatic heterocycles. The lowest BCUT2D eigenvalue weighted by atomic mass is 10.1. The number of thiazole rings is 1. The van der Waals surface area contributed by atoms with Crippen molar-refractivity contribution < 1.29 is 24.2 Å². The molecule has 172 valence electrons. The molecule has 0 aliphatic rings. The Labute approximate surface area is 198 Å². The maximum absolute atomic E-state index is 13.5. The summed E-state index contributed by atoms with van der Waals surface area (Å²) in [5.74, 6) is -0.116. The Morgan fingerprint density at radius 2 is 1.76 bits per heavy atom. The number of hydrogen-bond donors (Lipinski definition) is 1. The Morgan fingerprint density at radius 3 is 2.30 bits per heavy atom. The monoisotopic (exact) mass is 466 g/mol. The van der Waals surface area contributed by atoms with Gasteiger partial charge in [0.05, 0.1) is 20.8 Å². The van der Waals surface area contributed by atoms with Crippen molar-refractivity contribution in [3.8, 4) is 11.5 Å². The normalized spacial score (nSPS) is 10.6. The molecule has 7 nitrogen and oxygen atoms in total. The van der Waals surface area contributed by atoms with Gasteiger partial charge in [0.2, 0.25) is 0 Å². The molecule has 0 aliphatic carbocycles. The van der Waals surface area contributed by atoms with Crippen molar-refractivity contribution in [2.75, 3.05) is 20.8 Å². The third-order valence-corrected chi connectivity index (χ3v) is 6.35. The molecule has 3 rings (SSSR count). The number of carbonyl (C=O) groups is 2. The van der Waals surface area contributed by atoms with E-state index >= 15 is 0 Å². The summed E-state index contributed by atoms with van der Waals surface area (Å²) in [6.07, 6.45) is 1.58. The number of carboxylic acid groups (broad SMARTS) is 1. The van der Waals surface area contributed by atoms with Gasteiger partial charge in [-0.3, -0.25) is 4.79 Å². The van der Waals surface area contributed by atoms with Crippen LogP contribution in [0.3, 0.4) is 0 Å². The fourth-order valence-corrected chi connectivity index (χ4v) is 4.58. The van der Waals surface area contributed by atoms with E-state index in [9.17, 15) is 14.7 Å². The zero-order chi connectivity index (χ0) is 24.0. The van der Waals surface area contributed by atoms with Gasteiger partial charge in [0.1, 0.15) is 16.5 Å². The number of benzene rings is 2. The van der Waals surface area contributed by atoms with Crippen LogP contribution in [0, 0.1) is 6.92 Å². The Kier molecular flexibility index (Phi) is 8.11. The summed E-state index contributed by atoms with van der Waals surface area (Å²) < 4.78 is 11.5. The number of aromatic nitrogens is 1. The van der Waals surface area contributed by atoms with Gasteiger partial charge < -0.3 is 19.5 Å². The van der Waals surface area contributed by atoms with E-state index in [1.807, 2.05) is 25.1 Å². The van der Waals surface area contributed by atoms with Crippen LogP contribution in [0.4, 0.5) is 0 Å². The molecule has 0 bridgehead atoms. The Bertz CT molecular complexity index is 1110. The predicted octanol–water partition coefficient (Wildman–Crippen LogP) is 2.70. The zero-order valence-corrected chi connectivity index (χ0v) is 20.1. The van der Waals surface area contributed by atoms with Gasteiger partial charge in [-0.25, -0.2) is 9.78 Å². The molecule has 1 N–H and O–H groups in total. The van der Waals surface area contributed by atoms with Gasteiger partial charge >= 0.3 is 5.97 Å². The highest BCUT2D eigenvalue weighted by Gasteiger charge is 2.22. The van der Waals surface area contributed by atoms with E-state index in [4.69, 9.17) is 9.47 Å². The van der Waals surface area contributed by atoms with Crippen molar-refractivity contribution in [3.05, 3.63) is 69.9 Å². The lowest BCUT2D eigenvalue weighted by Crippen LogP contribution is -2.32. The summed E-state index contributed by atoms with van der Waals surface area (Å²) in [6, 6.07) is 13.5. The molecular formula is C24H27BN2O5S. The number of carboxylic acids is 1. The molecule has 0 saturated carbocycles. The van der Waals surface area contributed by atoms with Gasteiger partial charge in [-0.2, -0.15) is 0 Å². The molecule has 0 spiro atoms. The zero-order valence-electron chi connectivity index (χ0n) is 19.3. The van der Waals surface area contributed by atoms with Gasteiger partial charge in [0, 0.05) is 17.7 Å². The van der Waals surface area contributed by atoms with E-state index in [1.54, 1.807) is 39.1 Å². The first-order valence-electron chi connectivity index (χ1n) is 10.6. The molecule has 0 radical (unpaired) electrons. The van der Waals surface area contributed by atoms with Crippen LogP contribution in [-0.4, -0.2) is 55.5 Å². The summed E-state index contributed by atoms with van der Waals surface area (Å²) >= 11 is 1.30. The molecule has 0 unspecified atom stereocenters. The van der Waals surface area contributed by atoms with E-state index in [0.29, 0.717) is 33.4 Å². The summed E-state index contributed by atoms with van der Waals surface area (Å²) in [5, 5.41) is 9.93. The minimum Gasteiger partial charge on any atom is -0.496 e. The third kappa shape index (κ3) is 5.93. The molecule has 1 amide bonds. The fourth-order valence-electron chi connectivity index (χ4n) is 3.64. The molecule has 0 atom stereocenters. The number of aromatic carboxylic acids is 1. The molecular weight excluding hydrogens is 439 g/mol. The predicted molar refractivity (Wildman–Crippen MR) is 131 cm³/mol. The number of amides is 1. The smallest absolute Gasteiger partial charge is 0.354 e. The maximum Gasteiger partial charge on any atom is 0.354 e. The quantitative estimate of drug-likeness (QED) is 0.463. The number of methoxy groups -OCH3 is 2. The largest absolute Gasteiger partial charge is 0.496 e. The minimum atomic E-state index is -1.06.